The van der Waals surface area contributed by atoms with Gasteiger partial charge in [0, 0.05) is 32.3 Å². The molecule has 0 aliphatic rings. The Morgan fingerprint density at radius 3 is 2.07 bits per heavy atom. The lowest BCUT2D eigenvalue weighted by Crippen LogP contribution is -2.44. The second-order valence-electron chi connectivity index (χ2n) is 3.42. The van der Waals surface area contributed by atoms with Gasteiger partial charge in [0.15, 0.2) is 0 Å². The van der Waals surface area contributed by atoms with Crippen LogP contribution in [0.2, 0.25) is 12.1 Å². The minimum absolute atomic E-state index is 0.684. The summed E-state index contributed by atoms with van der Waals surface area (Å²) in [7, 11) is -1.92. The van der Waals surface area contributed by atoms with E-state index in [2.05, 4.69) is 12.2 Å². The van der Waals surface area contributed by atoms with Gasteiger partial charge in [-0.3, -0.25) is 0 Å². The van der Waals surface area contributed by atoms with Crippen LogP contribution in [0.25, 0.3) is 0 Å². The molecule has 0 saturated heterocycles. The summed E-state index contributed by atoms with van der Waals surface area (Å²) in [5.74, 6) is 0. The second kappa shape index (κ2) is 9.29. The molecule has 0 fully saturated rings. The van der Waals surface area contributed by atoms with Crippen LogP contribution in [0.4, 0.5) is 0 Å². The van der Waals surface area contributed by atoms with Gasteiger partial charge in [-0.2, -0.15) is 0 Å². The lowest BCUT2D eigenvalue weighted by molar-refractivity contribution is 0.183. The maximum Gasteiger partial charge on any atom is 0.339 e. The number of rotatable bonds is 10. The molecule has 0 aromatic rings. The third-order valence-electron chi connectivity index (χ3n) is 2.36. The number of nitrogens with one attached hydrogen (secondary N) is 1. The van der Waals surface area contributed by atoms with Gasteiger partial charge in [0.05, 0.1) is 0 Å². The van der Waals surface area contributed by atoms with Crippen molar-refractivity contribution in [2.24, 2.45) is 5.73 Å². The Morgan fingerprint density at radius 2 is 1.67 bits per heavy atom. The van der Waals surface area contributed by atoms with E-state index >= 15 is 0 Å². The summed E-state index contributed by atoms with van der Waals surface area (Å²) in [5.41, 5.74) is 5.41. The third kappa shape index (κ3) is 6.27. The number of nitrogens with two attached hydrogens (primary N) is 1. The Hall–Kier alpha value is 0.0569. The van der Waals surface area contributed by atoms with E-state index in [1.54, 1.807) is 0 Å². The molecule has 92 valence electrons. The minimum atomic E-state index is -1.92. The zero-order valence-corrected chi connectivity index (χ0v) is 11.3. The van der Waals surface area contributed by atoms with E-state index in [1.165, 1.54) is 0 Å². The van der Waals surface area contributed by atoms with E-state index < -0.39 is 8.56 Å². The molecule has 0 aromatic heterocycles. The predicted molar refractivity (Wildman–Crippen MR) is 66.2 cm³/mol. The molecule has 4 nitrogen and oxygen atoms in total. The zero-order valence-electron chi connectivity index (χ0n) is 10.3. The molecule has 0 radical (unpaired) electrons. The molecule has 15 heavy (non-hydrogen) atoms. The smallest absolute Gasteiger partial charge is 0.339 e. The minimum Gasteiger partial charge on any atom is -0.394 e. The molecule has 0 aliphatic carbocycles. The van der Waals surface area contributed by atoms with E-state index in [0.29, 0.717) is 6.54 Å². The van der Waals surface area contributed by atoms with Gasteiger partial charge in [0.1, 0.15) is 0 Å². The van der Waals surface area contributed by atoms with Crippen LogP contribution in [0.5, 0.6) is 0 Å². The first kappa shape index (κ1) is 15.1. The van der Waals surface area contributed by atoms with Crippen molar-refractivity contribution < 1.29 is 8.85 Å². The topological polar surface area (TPSA) is 56.5 Å². The molecule has 0 heterocycles. The Balaban J connectivity index is 3.96. The van der Waals surface area contributed by atoms with Crippen LogP contribution >= 0.6 is 0 Å². The van der Waals surface area contributed by atoms with Gasteiger partial charge < -0.3 is 19.9 Å². The molecule has 0 amide bonds. The van der Waals surface area contributed by atoms with Crippen LogP contribution in [-0.4, -0.2) is 41.4 Å². The average Bonchev–Trinajstić information content (AvgIpc) is 2.25. The largest absolute Gasteiger partial charge is 0.394 e. The van der Waals surface area contributed by atoms with E-state index in [1.807, 2.05) is 13.8 Å². The van der Waals surface area contributed by atoms with Gasteiger partial charge in [0.2, 0.25) is 0 Å². The molecular formula is C10H26N2O2Si. The molecular weight excluding hydrogens is 208 g/mol. The summed E-state index contributed by atoms with van der Waals surface area (Å²) in [6, 6.07) is 2.02. The van der Waals surface area contributed by atoms with Crippen molar-refractivity contribution >= 4 is 8.56 Å². The number of hydrogen-bond donors (Lipinski definition) is 2. The van der Waals surface area contributed by atoms with Crippen molar-refractivity contribution in [3.05, 3.63) is 0 Å². The van der Waals surface area contributed by atoms with Crippen molar-refractivity contribution in [2.45, 2.75) is 32.9 Å². The highest BCUT2D eigenvalue weighted by Gasteiger charge is 2.34. The molecule has 0 unspecified atom stereocenters. The van der Waals surface area contributed by atoms with Gasteiger partial charge in [0.25, 0.3) is 0 Å². The molecule has 0 aliphatic heterocycles. The molecule has 3 N–H and O–H groups in total. The summed E-state index contributed by atoms with van der Waals surface area (Å²) in [6.07, 6.45) is 0. The van der Waals surface area contributed by atoms with E-state index in [9.17, 15) is 0 Å². The van der Waals surface area contributed by atoms with Crippen molar-refractivity contribution in [3.8, 4) is 0 Å². The first-order chi connectivity index (χ1) is 7.24. The average molecular weight is 234 g/mol. The van der Waals surface area contributed by atoms with Crippen LogP contribution in [-0.2, 0) is 8.85 Å². The highest BCUT2D eigenvalue weighted by Crippen LogP contribution is 2.18. The Kier molecular flexibility index (Phi) is 9.33. The summed E-state index contributed by atoms with van der Waals surface area (Å²) in [6.45, 7) is 10.2. The van der Waals surface area contributed by atoms with Gasteiger partial charge in [-0.1, -0.05) is 6.92 Å². The van der Waals surface area contributed by atoms with Crippen molar-refractivity contribution in [1.82, 2.24) is 5.32 Å². The fourth-order valence-corrected chi connectivity index (χ4v) is 4.34. The maximum atomic E-state index is 5.84. The Morgan fingerprint density at radius 1 is 1.07 bits per heavy atom. The summed E-state index contributed by atoms with van der Waals surface area (Å²) in [4.78, 5) is 0. The molecule has 0 rings (SSSR count). The van der Waals surface area contributed by atoms with Crippen LogP contribution in [0.3, 0.4) is 0 Å². The van der Waals surface area contributed by atoms with Crippen LogP contribution < -0.4 is 11.1 Å². The molecule has 0 spiro atoms. The first-order valence-corrected chi connectivity index (χ1v) is 8.16. The Labute approximate surface area is 94.8 Å². The lowest BCUT2D eigenvalue weighted by Gasteiger charge is -2.29. The summed E-state index contributed by atoms with van der Waals surface area (Å²) < 4.78 is 11.7. The fourth-order valence-electron chi connectivity index (χ4n) is 1.60. The molecule has 0 aromatic carbocycles. The van der Waals surface area contributed by atoms with Crippen molar-refractivity contribution in [1.29, 1.82) is 0 Å². The van der Waals surface area contributed by atoms with E-state index in [-0.39, 0.29) is 0 Å². The zero-order chi connectivity index (χ0) is 11.6. The van der Waals surface area contributed by atoms with E-state index in [4.69, 9.17) is 14.6 Å². The highest BCUT2D eigenvalue weighted by molar-refractivity contribution is 6.67. The number of hydrogen-bond acceptors (Lipinski definition) is 4. The van der Waals surface area contributed by atoms with Crippen LogP contribution in [0, 0.1) is 0 Å². The standard InChI is InChI=1S/C10H26N2O2Si/c1-4-13-15(6-3,14-5-2)10-9-12-8-7-11/h12H,4-11H2,1-3H3. The molecule has 0 bridgehead atoms. The molecule has 5 heteroatoms. The fraction of sp³-hybridized carbons (Fsp3) is 1.00. The third-order valence-corrected chi connectivity index (χ3v) is 6.08. The lowest BCUT2D eigenvalue weighted by atomic mass is 10.6. The predicted octanol–water partition coefficient (Wildman–Crippen LogP) is 1.07. The van der Waals surface area contributed by atoms with Gasteiger partial charge in [-0.05, 0) is 26.4 Å². The first-order valence-electron chi connectivity index (χ1n) is 5.93. The second-order valence-corrected chi connectivity index (χ2v) is 7.02. The molecule has 0 atom stereocenters. The highest BCUT2D eigenvalue weighted by atomic mass is 28.4. The van der Waals surface area contributed by atoms with Crippen LogP contribution in [0.15, 0.2) is 0 Å². The van der Waals surface area contributed by atoms with Gasteiger partial charge in [-0.25, -0.2) is 0 Å². The van der Waals surface area contributed by atoms with Gasteiger partial charge >= 0.3 is 8.56 Å². The quantitative estimate of drug-likeness (QED) is 0.438. The monoisotopic (exact) mass is 234 g/mol. The normalized spacial score (nSPS) is 12.0. The maximum absolute atomic E-state index is 5.84. The van der Waals surface area contributed by atoms with Gasteiger partial charge in [-0.15, -0.1) is 0 Å². The SMILES string of the molecule is CCO[Si](CC)(CCNCCN)OCC. The van der Waals surface area contributed by atoms with Crippen molar-refractivity contribution in [3.63, 3.8) is 0 Å². The summed E-state index contributed by atoms with van der Waals surface area (Å²) in [5, 5.41) is 3.29. The van der Waals surface area contributed by atoms with E-state index in [0.717, 1.165) is 38.4 Å². The van der Waals surface area contributed by atoms with Crippen LogP contribution in [0.1, 0.15) is 20.8 Å². The Bertz CT molecular complexity index is 141. The summed E-state index contributed by atoms with van der Waals surface area (Å²) >= 11 is 0. The van der Waals surface area contributed by atoms with Crippen molar-refractivity contribution in [2.75, 3.05) is 32.8 Å². The molecule has 0 saturated carbocycles.